The molecule has 4 nitrogen and oxygen atoms in total. The van der Waals surface area contributed by atoms with Crippen molar-refractivity contribution in [3.8, 4) is 11.5 Å². The van der Waals surface area contributed by atoms with Crippen molar-refractivity contribution in [1.29, 1.82) is 0 Å². The number of halogens is 1. The van der Waals surface area contributed by atoms with Crippen molar-refractivity contribution in [2.75, 3.05) is 27.4 Å². The highest BCUT2D eigenvalue weighted by molar-refractivity contribution is 9.10. The van der Waals surface area contributed by atoms with E-state index in [0.29, 0.717) is 24.7 Å². The minimum atomic E-state index is -0.309. The van der Waals surface area contributed by atoms with Gasteiger partial charge in [0.1, 0.15) is 0 Å². The lowest BCUT2D eigenvalue weighted by atomic mass is 10.2. The maximum atomic E-state index is 5.43. The molecule has 1 aliphatic heterocycles. The Kier molecular flexibility index (Phi) is 3.68. The van der Waals surface area contributed by atoms with E-state index in [0.717, 1.165) is 10.0 Å². The molecule has 16 heavy (non-hydrogen) atoms. The number of hydrogen-bond donors (Lipinski definition) is 0. The highest BCUT2D eigenvalue weighted by atomic mass is 79.9. The smallest absolute Gasteiger partial charge is 0.184 e. The normalized spacial score (nSPS) is 16.4. The third-order valence-electron chi connectivity index (χ3n) is 2.35. The van der Waals surface area contributed by atoms with Gasteiger partial charge in [0.2, 0.25) is 0 Å². The fourth-order valence-electron chi connectivity index (χ4n) is 1.62. The van der Waals surface area contributed by atoms with Crippen molar-refractivity contribution < 1.29 is 18.9 Å². The van der Waals surface area contributed by atoms with Crippen molar-refractivity contribution in [2.24, 2.45) is 0 Å². The number of hydrogen-bond acceptors (Lipinski definition) is 4. The summed E-state index contributed by atoms with van der Waals surface area (Å²) >= 11 is 3.43. The Balaban J connectivity index is 2.36. The first kappa shape index (κ1) is 11.7. The van der Waals surface area contributed by atoms with Gasteiger partial charge in [-0.15, -0.1) is 0 Å². The van der Waals surface area contributed by atoms with Gasteiger partial charge >= 0.3 is 0 Å². The molecule has 0 bridgehead atoms. The van der Waals surface area contributed by atoms with Crippen LogP contribution in [-0.4, -0.2) is 27.4 Å². The molecule has 2 rings (SSSR count). The molecular formula is C11H13BrO4. The molecule has 88 valence electrons. The van der Waals surface area contributed by atoms with E-state index in [9.17, 15) is 0 Å². The molecule has 1 aliphatic rings. The van der Waals surface area contributed by atoms with E-state index in [-0.39, 0.29) is 6.29 Å². The SMILES string of the molecule is COc1cc(C2OCCO2)cc(Br)c1OC. The van der Waals surface area contributed by atoms with E-state index < -0.39 is 0 Å². The second kappa shape index (κ2) is 5.03. The molecule has 1 heterocycles. The number of ether oxygens (including phenoxy) is 4. The van der Waals surface area contributed by atoms with Gasteiger partial charge in [0.25, 0.3) is 0 Å². The lowest BCUT2D eigenvalue weighted by Crippen LogP contribution is -2.00. The Hall–Kier alpha value is -0.780. The summed E-state index contributed by atoms with van der Waals surface area (Å²) in [6.45, 7) is 1.24. The molecule has 0 atom stereocenters. The van der Waals surface area contributed by atoms with Gasteiger partial charge in [0.05, 0.1) is 31.9 Å². The van der Waals surface area contributed by atoms with E-state index >= 15 is 0 Å². The average molecular weight is 289 g/mol. The maximum absolute atomic E-state index is 5.43. The molecule has 0 amide bonds. The Labute approximate surface area is 103 Å². The molecule has 1 aromatic carbocycles. The van der Waals surface area contributed by atoms with Gasteiger partial charge < -0.3 is 18.9 Å². The lowest BCUT2D eigenvalue weighted by Gasteiger charge is -2.14. The standard InChI is InChI=1S/C11H13BrO4/c1-13-9-6-7(11-15-3-4-16-11)5-8(12)10(9)14-2/h5-6,11H,3-4H2,1-2H3. The lowest BCUT2D eigenvalue weighted by molar-refractivity contribution is -0.0442. The fraction of sp³-hybridized carbons (Fsp3) is 0.455. The third kappa shape index (κ3) is 2.16. The Morgan fingerprint density at radius 3 is 2.44 bits per heavy atom. The number of methoxy groups -OCH3 is 2. The Morgan fingerprint density at radius 2 is 1.88 bits per heavy atom. The summed E-state index contributed by atoms with van der Waals surface area (Å²) in [7, 11) is 3.20. The van der Waals surface area contributed by atoms with Gasteiger partial charge in [0.15, 0.2) is 17.8 Å². The number of benzene rings is 1. The van der Waals surface area contributed by atoms with Crippen LogP contribution >= 0.6 is 15.9 Å². The fourth-order valence-corrected chi connectivity index (χ4v) is 2.25. The second-order valence-electron chi connectivity index (χ2n) is 3.31. The summed E-state index contributed by atoms with van der Waals surface area (Å²) in [6.07, 6.45) is -0.309. The van der Waals surface area contributed by atoms with Crippen molar-refractivity contribution in [1.82, 2.24) is 0 Å². The maximum Gasteiger partial charge on any atom is 0.184 e. The van der Waals surface area contributed by atoms with Gasteiger partial charge in [0, 0.05) is 5.56 Å². The molecule has 0 N–H and O–H groups in total. The predicted octanol–water partition coefficient (Wildman–Crippen LogP) is 2.51. The van der Waals surface area contributed by atoms with Crippen LogP contribution in [-0.2, 0) is 9.47 Å². The van der Waals surface area contributed by atoms with Crippen LogP contribution in [0.15, 0.2) is 16.6 Å². The minimum Gasteiger partial charge on any atom is -0.493 e. The molecule has 0 spiro atoms. The highest BCUT2D eigenvalue weighted by Crippen LogP contribution is 2.39. The molecule has 0 unspecified atom stereocenters. The van der Waals surface area contributed by atoms with Gasteiger partial charge in [-0.05, 0) is 28.1 Å². The first-order chi connectivity index (χ1) is 7.76. The van der Waals surface area contributed by atoms with E-state index in [2.05, 4.69) is 15.9 Å². The molecule has 1 aromatic rings. The zero-order valence-corrected chi connectivity index (χ0v) is 10.7. The van der Waals surface area contributed by atoms with Gasteiger partial charge in [-0.2, -0.15) is 0 Å². The molecule has 1 saturated heterocycles. The van der Waals surface area contributed by atoms with Gasteiger partial charge in [-0.1, -0.05) is 0 Å². The summed E-state index contributed by atoms with van der Waals surface area (Å²) in [5, 5.41) is 0. The number of rotatable bonds is 3. The summed E-state index contributed by atoms with van der Waals surface area (Å²) in [6, 6.07) is 3.77. The van der Waals surface area contributed by atoms with E-state index in [1.807, 2.05) is 12.1 Å². The van der Waals surface area contributed by atoms with Crippen LogP contribution in [0.1, 0.15) is 11.9 Å². The topological polar surface area (TPSA) is 36.9 Å². The third-order valence-corrected chi connectivity index (χ3v) is 2.94. The van der Waals surface area contributed by atoms with Gasteiger partial charge in [-0.3, -0.25) is 0 Å². The van der Waals surface area contributed by atoms with Crippen LogP contribution in [0.5, 0.6) is 11.5 Å². The predicted molar refractivity (Wildman–Crippen MR) is 61.9 cm³/mol. The van der Waals surface area contributed by atoms with Gasteiger partial charge in [-0.25, -0.2) is 0 Å². The first-order valence-electron chi connectivity index (χ1n) is 4.91. The molecule has 0 aliphatic carbocycles. The second-order valence-corrected chi connectivity index (χ2v) is 4.17. The molecule has 0 saturated carbocycles. The van der Waals surface area contributed by atoms with Crippen molar-refractivity contribution in [3.05, 3.63) is 22.2 Å². The molecule has 0 radical (unpaired) electrons. The van der Waals surface area contributed by atoms with Crippen molar-refractivity contribution in [3.63, 3.8) is 0 Å². The monoisotopic (exact) mass is 288 g/mol. The van der Waals surface area contributed by atoms with Crippen LogP contribution in [0.4, 0.5) is 0 Å². The summed E-state index contributed by atoms with van der Waals surface area (Å²) in [5.41, 5.74) is 0.919. The van der Waals surface area contributed by atoms with Crippen LogP contribution in [0.25, 0.3) is 0 Å². The summed E-state index contributed by atoms with van der Waals surface area (Å²) in [5.74, 6) is 1.33. The van der Waals surface area contributed by atoms with Crippen molar-refractivity contribution >= 4 is 15.9 Å². The molecule has 0 aromatic heterocycles. The zero-order chi connectivity index (χ0) is 11.5. The summed E-state index contributed by atoms with van der Waals surface area (Å²) in [4.78, 5) is 0. The summed E-state index contributed by atoms with van der Waals surface area (Å²) < 4.78 is 22.2. The van der Waals surface area contributed by atoms with Crippen molar-refractivity contribution in [2.45, 2.75) is 6.29 Å². The largest absolute Gasteiger partial charge is 0.493 e. The quantitative estimate of drug-likeness (QED) is 0.856. The van der Waals surface area contributed by atoms with Crippen LogP contribution < -0.4 is 9.47 Å². The highest BCUT2D eigenvalue weighted by Gasteiger charge is 2.21. The van der Waals surface area contributed by atoms with E-state index in [1.165, 1.54) is 0 Å². The van der Waals surface area contributed by atoms with E-state index in [1.54, 1.807) is 14.2 Å². The Bertz CT molecular complexity index is 374. The van der Waals surface area contributed by atoms with Crippen LogP contribution in [0.2, 0.25) is 0 Å². The molecule has 1 fully saturated rings. The molecular weight excluding hydrogens is 276 g/mol. The zero-order valence-electron chi connectivity index (χ0n) is 9.16. The Morgan fingerprint density at radius 1 is 1.19 bits per heavy atom. The van der Waals surface area contributed by atoms with E-state index in [4.69, 9.17) is 18.9 Å². The first-order valence-corrected chi connectivity index (χ1v) is 5.70. The minimum absolute atomic E-state index is 0.309. The van der Waals surface area contributed by atoms with Crippen LogP contribution in [0.3, 0.4) is 0 Å². The van der Waals surface area contributed by atoms with Crippen LogP contribution in [0, 0.1) is 0 Å². The molecule has 5 heteroatoms. The average Bonchev–Trinajstić information content (AvgIpc) is 2.81.